The average Bonchev–Trinajstić information content (AvgIpc) is 1.89. The Kier molecular flexibility index (Phi) is 4.40. The fourth-order valence-electron chi connectivity index (χ4n) is 0.280. The van der Waals surface area contributed by atoms with Crippen molar-refractivity contribution >= 4 is 12.1 Å². The van der Waals surface area contributed by atoms with Crippen LogP contribution in [0.2, 0.25) is 0 Å². The number of hydrogen-bond donors (Lipinski definition) is 1. The van der Waals surface area contributed by atoms with Crippen LogP contribution in [0.3, 0.4) is 0 Å². The zero-order valence-electron chi connectivity index (χ0n) is 5.70. The Morgan fingerprint density at radius 1 is 1.56 bits per heavy atom. The monoisotopic (exact) mass is 125 g/mol. The molecular weight excluding hydrogens is 114 g/mol. The predicted molar refractivity (Wildman–Crippen MR) is 40.9 cm³/mol. The van der Waals surface area contributed by atoms with E-state index in [4.69, 9.17) is 5.73 Å². The Morgan fingerprint density at radius 2 is 2.22 bits per heavy atom. The van der Waals surface area contributed by atoms with Crippen LogP contribution in [-0.4, -0.2) is 19.1 Å². The Labute approximate surface area is 55.0 Å². The van der Waals surface area contributed by atoms with Crippen molar-refractivity contribution < 1.29 is 0 Å². The van der Waals surface area contributed by atoms with Gasteiger partial charge in [-0.05, 0) is 13.0 Å². The summed E-state index contributed by atoms with van der Waals surface area (Å²) in [5, 5.41) is 0. The van der Waals surface area contributed by atoms with Gasteiger partial charge in [-0.1, -0.05) is 0 Å². The molecule has 0 saturated heterocycles. The van der Waals surface area contributed by atoms with E-state index in [1.165, 1.54) is 0 Å². The summed E-state index contributed by atoms with van der Waals surface area (Å²) in [7, 11) is 1.63. The van der Waals surface area contributed by atoms with Gasteiger partial charge in [0.25, 0.3) is 0 Å². The summed E-state index contributed by atoms with van der Waals surface area (Å²) in [6, 6.07) is 0. The van der Waals surface area contributed by atoms with Crippen LogP contribution in [0, 0.1) is 0 Å². The quantitative estimate of drug-likeness (QED) is 0.426. The van der Waals surface area contributed by atoms with Gasteiger partial charge in [0.15, 0.2) is 0 Å². The topological polar surface area (TPSA) is 50.7 Å². The fraction of sp³-hybridized carbons (Fsp3) is 0.333. The molecule has 9 heavy (non-hydrogen) atoms. The minimum absolute atomic E-state index is 0.487. The van der Waals surface area contributed by atoms with Crippen LogP contribution in [-0.2, 0) is 0 Å². The smallest absolute Gasteiger partial charge is 0.119 e. The van der Waals surface area contributed by atoms with E-state index in [0.29, 0.717) is 5.84 Å². The minimum atomic E-state index is 0.487. The number of amidine groups is 1. The van der Waals surface area contributed by atoms with E-state index in [1.54, 1.807) is 25.5 Å². The highest BCUT2D eigenvalue weighted by atomic mass is 14.8. The predicted octanol–water partition coefficient (Wildman–Crippen LogP) is 0.578. The Morgan fingerprint density at radius 3 is 2.67 bits per heavy atom. The highest BCUT2D eigenvalue weighted by Crippen LogP contribution is 1.73. The highest BCUT2D eigenvalue weighted by Gasteiger charge is 1.74. The molecule has 0 amide bonds. The molecule has 0 unspecified atom stereocenters. The van der Waals surface area contributed by atoms with E-state index in [2.05, 4.69) is 9.98 Å². The molecule has 0 aliphatic carbocycles. The third kappa shape index (κ3) is 4.74. The van der Waals surface area contributed by atoms with E-state index in [1.807, 2.05) is 6.92 Å². The third-order valence-electron chi connectivity index (χ3n) is 0.739. The lowest BCUT2D eigenvalue weighted by Gasteiger charge is -1.82. The maximum Gasteiger partial charge on any atom is 0.119 e. The molecule has 50 valence electrons. The first-order valence-electron chi connectivity index (χ1n) is 2.68. The van der Waals surface area contributed by atoms with Crippen LogP contribution in [0.1, 0.15) is 6.92 Å². The summed E-state index contributed by atoms with van der Waals surface area (Å²) in [6.07, 6.45) is 4.92. The molecule has 0 bridgehead atoms. The van der Waals surface area contributed by atoms with E-state index in [-0.39, 0.29) is 0 Å². The first-order chi connectivity index (χ1) is 4.31. The van der Waals surface area contributed by atoms with Crippen molar-refractivity contribution in [2.45, 2.75) is 6.92 Å². The lowest BCUT2D eigenvalue weighted by molar-refractivity contribution is 1.41. The van der Waals surface area contributed by atoms with Crippen molar-refractivity contribution in [3.8, 4) is 0 Å². The SMILES string of the molecule is CC=N/C=C\C(N)=NC. The first kappa shape index (κ1) is 7.88. The standard InChI is InChI=1S/C6H11N3/c1-3-9-5-4-6(7)8-2/h3-5H,1-2H3,(H2,7,8)/b5-4-,9-3?. The van der Waals surface area contributed by atoms with Gasteiger partial charge in [0.05, 0.1) is 0 Å². The molecular formula is C6H11N3. The van der Waals surface area contributed by atoms with Gasteiger partial charge in [0.1, 0.15) is 5.84 Å². The second-order valence-electron chi connectivity index (χ2n) is 1.37. The van der Waals surface area contributed by atoms with E-state index in [0.717, 1.165) is 0 Å². The van der Waals surface area contributed by atoms with Gasteiger partial charge in [0.2, 0.25) is 0 Å². The third-order valence-corrected chi connectivity index (χ3v) is 0.739. The van der Waals surface area contributed by atoms with Gasteiger partial charge in [-0.2, -0.15) is 0 Å². The van der Waals surface area contributed by atoms with Gasteiger partial charge < -0.3 is 5.73 Å². The number of hydrogen-bond acceptors (Lipinski definition) is 2. The molecule has 0 aromatic rings. The molecule has 0 saturated carbocycles. The molecule has 0 aromatic heterocycles. The zero-order valence-corrected chi connectivity index (χ0v) is 5.70. The normalized spacial score (nSPS) is 13.8. The summed E-state index contributed by atoms with van der Waals surface area (Å²) in [6.45, 7) is 1.84. The minimum Gasteiger partial charge on any atom is -0.384 e. The summed E-state index contributed by atoms with van der Waals surface area (Å²) in [5.74, 6) is 0.487. The van der Waals surface area contributed by atoms with Crippen LogP contribution < -0.4 is 5.73 Å². The van der Waals surface area contributed by atoms with Gasteiger partial charge in [-0.3, -0.25) is 9.98 Å². The van der Waals surface area contributed by atoms with Gasteiger partial charge in [0, 0.05) is 19.5 Å². The molecule has 0 atom stereocenters. The van der Waals surface area contributed by atoms with Crippen LogP contribution in [0.15, 0.2) is 22.3 Å². The molecule has 0 aliphatic heterocycles. The Balaban J connectivity index is 3.71. The number of nitrogens with zero attached hydrogens (tertiary/aromatic N) is 2. The van der Waals surface area contributed by atoms with E-state index in [9.17, 15) is 0 Å². The maximum atomic E-state index is 5.30. The number of rotatable bonds is 2. The van der Waals surface area contributed by atoms with E-state index >= 15 is 0 Å². The summed E-state index contributed by atoms with van der Waals surface area (Å²) in [5.41, 5.74) is 5.30. The van der Waals surface area contributed by atoms with Gasteiger partial charge >= 0.3 is 0 Å². The van der Waals surface area contributed by atoms with Crippen molar-refractivity contribution in [1.82, 2.24) is 0 Å². The van der Waals surface area contributed by atoms with Crippen molar-refractivity contribution in [3.63, 3.8) is 0 Å². The lowest BCUT2D eigenvalue weighted by atomic mass is 10.6. The molecule has 3 nitrogen and oxygen atoms in total. The van der Waals surface area contributed by atoms with Crippen LogP contribution in [0.4, 0.5) is 0 Å². The van der Waals surface area contributed by atoms with Crippen molar-refractivity contribution in [3.05, 3.63) is 12.3 Å². The molecule has 0 spiro atoms. The van der Waals surface area contributed by atoms with Crippen LogP contribution in [0.5, 0.6) is 0 Å². The average molecular weight is 125 g/mol. The second kappa shape index (κ2) is 5.03. The Bertz CT molecular complexity index is 144. The lowest BCUT2D eigenvalue weighted by Crippen LogP contribution is -2.06. The first-order valence-corrected chi connectivity index (χ1v) is 2.68. The fourth-order valence-corrected chi connectivity index (χ4v) is 0.280. The van der Waals surface area contributed by atoms with Crippen LogP contribution >= 0.6 is 0 Å². The number of nitrogens with two attached hydrogens (primary N) is 1. The van der Waals surface area contributed by atoms with E-state index < -0.39 is 0 Å². The van der Waals surface area contributed by atoms with Crippen molar-refractivity contribution in [2.24, 2.45) is 15.7 Å². The summed E-state index contributed by atoms with van der Waals surface area (Å²) >= 11 is 0. The molecule has 0 aliphatic rings. The highest BCUT2D eigenvalue weighted by molar-refractivity contribution is 5.91. The largest absolute Gasteiger partial charge is 0.384 e. The van der Waals surface area contributed by atoms with Crippen molar-refractivity contribution in [2.75, 3.05) is 7.05 Å². The molecule has 2 N–H and O–H groups in total. The van der Waals surface area contributed by atoms with Crippen molar-refractivity contribution in [1.29, 1.82) is 0 Å². The molecule has 3 heteroatoms. The maximum absolute atomic E-state index is 5.30. The molecule has 0 aromatic carbocycles. The Hall–Kier alpha value is -1.12. The molecule has 0 fully saturated rings. The van der Waals surface area contributed by atoms with Crippen LogP contribution in [0.25, 0.3) is 0 Å². The van der Waals surface area contributed by atoms with Gasteiger partial charge in [-0.25, -0.2) is 0 Å². The number of aliphatic imine (C=N–C) groups is 2. The summed E-state index contributed by atoms with van der Waals surface area (Å²) < 4.78 is 0. The molecule has 0 heterocycles. The molecule has 0 rings (SSSR count). The van der Waals surface area contributed by atoms with Gasteiger partial charge in [-0.15, -0.1) is 0 Å². The zero-order chi connectivity index (χ0) is 7.11. The summed E-state index contributed by atoms with van der Waals surface area (Å²) in [4.78, 5) is 7.49. The molecule has 0 radical (unpaired) electrons. The second-order valence-corrected chi connectivity index (χ2v) is 1.37.